The average molecular weight is 200 g/mol. The van der Waals surface area contributed by atoms with Crippen LogP contribution in [0.2, 0.25) is 0 Å². The molecule has 0 bridgehead atoms. The molecule has 2 rings (SSSR count). The Labute approximate surface area is 83.5 Å². The minimum absolute atomic E-state index is 0.000112. The molecule has 0 saturated carbocycles. The maximum atomic E-state index is 9.47. The van der Waals surface area contributed by atoms with E-state index in [9.17, 15) is 5.11 Å². The van der Waals surface area contributed by atoms with Crippen molar-refractivity contribution in [2.45, 2.75) is 37.9 Å². The molecular weight excluding hydrogens is 184 g/mol. The first kappa shape index (κ1) is 10.1. The first-order chi connectivity index (χ1) is 6.66. The smallest absolute Gasteiger partial charge is 0.161 e. The van der Waals surface area contributed by atoms with Crippen LogP contribution in [-0.4, -0.2) is 42.9 Å². The fourth-order valence-electron chi connectivity index (χ4n) is 1.80. The monoisotopic (exact) mass is 200 g/mol. The fourth-order valence-corrected chi connectivity index (χ4v) is 1.80. The van der Waals surface area contributed by atoms with Crippen molar-refractivity contribution in [3.8, 4) is 0 Å². The Bertz CT molecular complexity index is 228. The Morgan fingerprint density at radius 2 is 2.43 bits per heavy atom. The van der Waals surface area contributed by atoms with Gasteiger partial charge in [0.05, 0.1) is 19.3 Å². The Hall–Kier alpha value is -0.420. The summed E-state index contributed by atoms with van der Waals surface area (Å²) in [6.45, 7) is 6.52. The number of ether oxygens (including phenoxy) is 3. The van der Waals surface area contributed by atoms with Gasteiger partial charge in [0.25, 0.3) is 0 Å². The number of aliphatic hydroxyl groups is 1. The van der Waals surface area contributed by atoms with E-state index in [4.69, 9.17) is 14.2 Å². The van der Waals surface area contributed by atoms with E-state index >= 15 is 0 Å². The van der Waals surface area contributed by atoms with Crippen LogP contribution in [-0.2, 0) is 14.2 Å². The molecule has 2 saturated heterocycles. The lowest BCUT2D eigenvalue weighted by molar-refractivity contribution is -0.145. The molecule has 4 unspecified atom stereocenters. The maximum absolute atomic E-state index is 9.47. The second-order valence-corrected chi connectivity index (χ2v) is 3.97. The Morgan fingerprint density at radius 3 is 3.07 bits per heavy atom. The van der Waals surface area contributed by atoms with Crippen molar-refractivity contribution < 1.29 is 19.3 Å². The van der Waals surface area contributed by atoms with Gasteiger partial charge in [0.15, 0.2) is 6.29 Å². The third-order valence-corrected chi connectivity index (χ3v) is 2.48. The summed E-state index contributed by atoms with van der Waals surface area (Å²) in [7, 11) is 0. The normalized spacial score (nSPS) is 41.3. The summed E-state index contributed by atoms with van der Waals surface area (Å²) in [6, 6.07) is 0. The van der Waals surface area contributed by atoms with Gasteiger partial charge in [-0.25, -0.2) is 0 Å². The molecule has 4 atom stereocenters. The Kier molecular flexibility index (Phi) is 2.88. The van der Waals surface area contributed by atoms with E-state index in [2.05, 4.69) is 6.58 Å². The number of hydrogen-bond donors (Lipinski definition) is 1. The molecule has 0 amide bonds. The predicted octanol–water partition coefficient (Wildman–Crippen LogP) is 0.454. The van der Waals surface area contributed by atoms with Gasteiger partial charge in [-0.15, -0.1) is 0 Å². The largest absolute Gasteiger partial charge is 0.388 e. The highest BCUT2D eigenvalue weighted by Gasteiger charge is 2.45. The average Bonchev–Trinajstić information content (AvgIpc) is 2.65. The van der Waals surface area contributed by atoms with E-state index in [1.165, 1.54) is 0 Å². The first-order valence-electron chi connectivity index (χ1n) is 4.88. The highest BCUT2D eigenvalue weighted by molar-refractivity contribution is 4.92. The lowest BCUT2D eigenvalue weighted by atomic mass is 10.1. The molecule has 2 heterocycles. The molecule has 2 aliphatic heterocycles. The first-order valence-corrected chi connectivity index (χ1v) is 4.88. The van der Waals surface area contributed by atoms with E-state index in [0.717, 1.165) is 5.57 Å². The quantitative estimate of drug-likeness (QED) is 0.672. The number of rotatable bonds is 3. The Balaban J connectivity index is 1.80. The van der Waals surface area contributed by atoms with Gasteiger partial charge in [0.2, 0.25) is 0 Å². The lowest BCUT2D eigenvalue weighted by Crippen LogP contribution is -2.28. The lowest BCUT2D eigenvalue weighted by Gasteiger charge is -2.14. The third kappa shape index (κ3) is 1.98. The molecule has 0 aliphatic carbocycles. The van der Waals surface area contributed by atoms with Crippen molar-refractivity contribution in [2.24, 2.45) is 0 Å². The molecule has 0 spiro atoms. The van der Waals surface area contributed by atoms with Crippen LogP contribution in [0.4, 0.5) is 0 Å². The van der Waals surface area contributed by atoms with Crippen LogP contribution in [0.1, 0.15) is 13.3 Å². The van der Waals surface area contributed by atoms with Gasteiger partial charge in [0, 0.05) is 6.42 Å². The molecule has 0 aromatic rings. The zero-order valence-electron chi connectivity index (χ0n) is 8.31. The molecule has 2 aliphatic rings. The summed E-state index contributed by atoms with van der Waals surface area (Å²) in [5.41, 5.74) is 0.965. The molecule has 4 heteroatoms. The van der Waals surface area contributed by atoms with E-state index < -0.39 is 6.10 Å². The fraction of sp³-hybridized carbons (Fsp3) is 0.800. The molecule has 1 N–H and O–H groups in total. The minimum atomic E-state index is -0.501. The summed E-state index contributed by atoms with van der Waals surface area (Å²) in [5.74, 6) is 0. The molecular formula is C10H16O4. The van der Waals surface area contributed by atoms with Crippen LogP contribution in [0.3, 0.4) is 0 Å². The number of aliphatic hydroxyl groups excluding tert-OH is 1. The van der Waals surface area contributed by atoms with Crippen molar-refractivity contribution in [2.75, 3.05) is 13.2 Å². The topological polar surface area (TPSA) is 47.9 Å². The molecule has 80 valence electrons. The zero-order valence-corrected chi connectivity index (χ0v) is 8.31. The Morgan fingerprint density at radius 1 is 1.64 bits per heavy atom. The molecule has 0 aromatic carbocycles. The van der Waals surface area contributed by atoms with E-state index in [1.54, 1.807) is 0 Å². The number of hydrogen-bond acceptors (Lipinski definition) is 4. The molecule has 14 heavy (non-hydrogen) atoms. The number of fused-ring (bicyclic) bond motifs is 1. The van der Waals surface area contributed by atoms with Gasteiger partial charge in [-0.2, -0.15) is 0 Å². The minimum Gasteiger partial charge on any atom is -0.388 e. The molecule has 0 aromatic heterocycles. The van der Waals surface area contributed by atoms with Gasteiger partial charge in [0.1, 0.15) is 12.2 Å². The van der Waals surface area contributed by atoms with Crippen LogP contribution in [0.25, 0.3) is 0 Å². The van der Waals surface area contributed by atoms with Gasteiger partial charge in [-0.1, -0.05) is 12.2 Å². The van der Waals surface area contributed by atoms with Gasteiger partial charge < -0.3 is 19.3 Å². The van der Waals surface area contributed by atoms with Gasteiger partial charge in [-0.3, -0.25) is 0 Å². The van der Waals surface area contributed by atoms with Crippen LogP contribution in [0.5, 0.6) is 0 Å². The van der Waals surface area contributed by atoms with Crippen LogP contribution in [0.15, 0.2) is 12.2 Å². The van der Waals surface area contributed by atoms with E-state index in [-0.39, 0.29) is 18.5 Å². The molecule has 4 nitrogen and oxygen atoms in total. The maximum Gasteiger partial charge on any atom is 0.161 e. The summed E-state index contributed by atoms with van der Waals surface area (Å²) >= 11 is 0. The van der Waals surface area contributed by atoms with Crippen LogP contribution in [0, 0.1) is 0 Å². The summed E-state index contributed by atoms with van der Waals surface area (Å²) < 4.78 is 16.3. The summed E-state index contributed by atoms with van der Waals surface area (Å²) in [6.07, 6.45) is -0.255. The SMILES string of the molecule is C=C(C)COC1CC2OCC(O)C2O1. The van der Waals surface area contributed by atoms with Crippen LogP contribution >= 0.6 is 0 Å². The zero-order chi connectivity index (χ0) is 10.1. The van der Waals surface area contributed by atoms with Crippen molar-refractivity contribution >= 4 is 0 Å². The predicted molar refractivity (Wildman–Crippen MR) is 49.8 cm³/mol. The van der Waals surface area contributed by atoms with Crippen molar-refractivity contribution in [1.82, 2.24) is 0 Å². The second kappa shape index (κ2) is 3.98. The highest BCUT2D eigenvalue weighted by Crippen LogP contribution is 2.31. The van der Waals surface area contributed by atoms with Gasteiger partial charge >= 0.3 is 0 Å². The molecule has 0 radical (unpaired) electrons. The van der Waals surface area contributed by atoms with Crippen LogP contribution < -0.4 is 0 Å². The van der Waals surface area contributed by atoms with Crippen molar-refractivity contribution in [1.29, 1.82) is 0 Å². The van der Waals surface area contributed by atoms with Crippen molar-refractivity contribution in [3.05, 3.63) is 12.2 Å². The summed E-state index contributed by atoms with van der Waals surface area (Å²) in [5, 5.41) is 9.47. The second-order valence-electron chi connectivity index (χ2n) is 3.97. The standard InChI is InChI=1S/C10H16O4/c1-6(2)4-13-9-3-8-10(14-9)7(11)5-12-8/h7-11H,1,3-5H2,2H3. The van der Waals surface area contributed by atoms with Crippen molar-refractivity contribution in [3.63, 3.8) is 0 Å². The van der Waals surface area contributed by atoms with E-state index in [1.807, 2.05) is 6.92 Å². The van der Waals surface area contributed by atoms with Gasteiger partial charge in [-0.05, 0) is 6.92 Å². The summed E-state index contributed by atoms with van der Waals surface area (Å²) in [4.78, 5) is 0. The van der Waals surface area contributed by atoms with E-state index in [0.29, 0.717) is 19.6 Å². The molecule has 2 fully saturated rings. The third-order valence-electron chi connectivity index (χ3n) is 2.48. The highest BCUT2D eigenvalue weighted by atomic mass is 16.7.